The lowest BCUT2D eigenvalue weighted by atomic mass is 10.1. The quantitative estimate of drug-likeness (QED) is 0.451. The van der Waals surface area contributed by atoms with E-state index < -0.39 is 23.8 Å². The van der Waals surface area contributed by atoms with Crippen molar-refractivity contribution in [2.24, 2.45) is 0 Å². The molecule has 0 spiro atoms. The zero-order valence-electron chi connectivity index (χ0n) is 22.5. The van der Waals surface area contributed by atoms with Gasteiger partial charge in [-0.1, -0.05) is 50.6 Å². The summed E-state index contributed by atoms with van der Waals surface area (Å²) in [5.41, 5.74) is 1.86. The van der Waals surface area contributed by atoms with Gasteiger partial charge in [0, 0.05) is 18.7 Å². The Morgan fingerprint density at radius 2 is 1.81 bits per heavy atom. The van der Waals surface area contributed by atoms with Gasteiger partial charge in [0.1, 0.15) is 30.0 Å². The van der Waals surface area contributed by atoms with Crippen LogP contribution in [0.4, 0.5) is 10.5 Å². The Balaban J connectivity index is 1.83. The van der Waals surface area contributed by atoms with E-state index in [0.717, 1.165) is 24.0 Å². The lowest BCUT2D eigenvalue weighted by Gasteiger charge is -2.29. The first-order valence-corrected chi connectivity index (χ1v) is 13.0. The maximum Gasteiger partial charge on any atom is 0.408 e. The Kier molecular flexibility index (Phi) is 9.55. The highest BCUT2D eigenvalue weighted by molar-refractivity contribution is 6.06. The number of rotatable bonds is 10. The van der Waals surface area contributed by atoms with Crippen molar-refractivity contribution in [3.8, 4) is 5.75 Å². The van der Waals surface area contributed by atoms with Crippen LogP contribution in [0, 0.1) is 0 Å². The molecule has 0 bridgehead atoms. The maximum atomic E-state index is 13.7. The predicted octanol–water partition coefficient (Wildman–Crippen LogP) is 4.74. The van der Waals surface area contributed by atoms with Gasteiger partial charge < -0.3 is 20.1 Å². The van der Waals surface area contributed by atoms with E-state index in [2.05, 4.69) is 17.6 Å². The first-order chi connectivity index (χ1) is 17.6. The van der Waals surface area contributed by atoms with E-state index in [-0.39, 0.29) is 11.8 Å². The largest absolute Gasteiger partial charge is 0.489 e. The van der Waals surface area contributed by atoms with Crippen molar-refractivity contribution in [1.82, 2.24) is 10.6 Å². The van der Waals surface area contributed by atoms with Crippen LogP contribution in [0.5, 0.6) is 5.75 Å². The molecular formula is C29H39N3O5. The summed E-state index contributed by atoms with van der Waals surface area (Å²) in [5, 5.41) is 5.64. The monoisotopic (exact) mass is 509 g/mol. The van der Waals surface area contributed by atoms with Crippen LogP contribution < -0.4 is 20.3 Å². The molecule has 8 heteroatoms. The average Bonchev–Trinajstić information content (AvgIpc) is 3.24. The summed E-state index contributed by atoms with van der Waals surface area (Å²) < 4.78 is 11.3. The van der Waals surface area contributed by atoms with E-state index in [1.54, 1.807) is 20.8 Å². The van der Waals surface area contributed by atoms with E-state index in [4.69, 9.17) is 9.47 Å². The second kappa shape index (κ2) is 12.6. The molecule has 0 fully saturated rings. The molecule has 37 heavy (non-hydrogen) atoms. The van der Waals surface area contributed by atoms with Gasteiger partial charge in [-0.15, -0.1) is 0 Å². The Labute approximate surface area is 219 Å². The van der Waals surface area contributed by atoms with Crippen LogP contribution in [-0.2, 0) is 27.4 Å². The first-order valence-electron chi connectivity index (χ1n) is 13.0. The van der Waals surface area contributed by atoms with E-state index >= 15 is 0 Å². The van der Waals surface area contributed by atoms with Crippen molar-refractivity contribution < 1.29 is 23.9 Å². The standard InChI is InChI=1S/C29H39N3O5/c1-6-8-16-30-26(33)25-18-21-17-22(36-19-20-12-10-9-11-13-20)14-15-24(21)32(25)27(34)23(7-2)31-28(35)37-29(3,4)5/h9-15,17,23,25H,6-8,16,18-19H2,1-5H3,(H,30,33)(H,31,35)/t23-,25?/m0/s1. The number of carbonyl (C=O) groups excluding carboxylic acids is 3. The number of hydrogen-bond acceptors (Lipinski definition) is 5. The van der Waals surface area contributed by atoms with Crippen molar-refractivity contribution in [2.75, 3.05) is 11.4 Å². The number of hydrogen-bond donors (Lipinski definition) is 2. The number of nitrogens with one attached hydrogen (secondary N) is 2. The molecule has 1 heterocycles. The zero-order chi connectivity index (χ0) is 27.0. The maximum absolute atomic E-state index is 13.7. The molecule has 0 aromatic heterocycles. The summed E-state index contributed by atoms with van der Waals surface area (Å²) in [6, 6.07) is 13.8. The highest BCUT2D eigenvalue weighted by Gasteiger charge is 2.41. The van der Waals surface area contributed by atoms with Crippen LogP contribution in [0.15, 0.2) is 48.5 Å². The second-order valence-electron chi connectivity index (χ2n) is 10.2. The predicted molar refractivity (Wildman–Crippen MR) is 144 cm³/mol. The molecule has 3 rings (SSSR count). The molecule has 1 aliphatic heterocycles. The van der Waals surface area contributed by atoms with E-state index in [1.165, 1.54) is 4.90 Å². The summed E-state index contributed by atoms with van der Waals surface area (Å²) in [5.74, 6) is 0.110. The minimum atomic E-state index is -0.833. The van der Waals surface area contributed by atoms with Gasteiger partial charge in [-0.2, -0.15) is 0 Å². The van der Waals surface area contributed by atoms with Gasteiger partial charge in [0.2, 0.25) is 11.8 Å². The number of benzene rings is 2. The van der Waals surface area contributed by atoms with Crippen LogP contribution in [0.2, 0.25) is 0 Å². The summed E-state index contributed by atoms with van der Waals surface area (Å²) in [6.07, 6.45) is 1.86. The Morgan fingerprint density at radius 1 is 1.08 bits per heavy atom. The number of unbranched alkanes of at least 4 members (excludes halogenated alkanes) is 1. The third-order valence-corrected chi connectivity index (χ3v) is 6.05. The topological polar surface area (TPSA) is 97.0 Å². The molecule has 0 saturated carbocycles. The summed E-state index contributed by atoms with van der Waals surface area (Å²) in [4.78, 5) is 40.8. The molecule has 8 nitrogen and oxygen atoms in total. The fourth-order valence-electron chi connectivity index (χ4n) is 4.20. The number of alkyl carbamates (subject to hydrolysis) is 1. The van der Waals surface area contributed by atoms with Gasteiger partial charge in [-0.3, -0.25) is 14.5 Å². The number of fused-ring (bicyclic) bond motifs is 1. The third kappa shape index (κ3) is 7.71. The molecular weight excluding hydrogens is 470 g/mol. The van der Waals surface area contributed by atoms with Crippen LogP contribution in [-0.4, -0.2) is 42.1 Å². The molecule has 3 amide bonds. The third-order valence-electron chi connectivity index (χ3n) is 6.05. The minimum absolute atomic E-state index is 0.211. The van der Waals surface area contributed by atoms with Crippen LogP contribution >= 0.6 is 0 Å². The average molecular weight is 510 g/mol. The summed E-state index contributed by atoms with van der Waals surface area (Å²) in [7, 11) is 0. The smallest absolute Gasteiger partial charge is 0.408 e. The SMILES string of the molecule is CCCCNC(=O)C1Cc2cc(OCc3ccccc3)ccc2N1C(=O)[C@H](CC)NC(=O)OC(C)(C)C. The summed E-state index contributed by atoms with van der Waals surface area (Å²) >= 11 is 0. The summed E-state index contributed by atoms with van der Waals surface area (Å²) in [6.45, 7) is 10.1. The molecule has 0 radical (unpaired) electrons. The highest BCUT2D eigenvalue weighted by atomic mass is 16.6. The molecule has 200 valence electrons. The van der Waals surface area contributed by atoms with E-state index in [9.17, 15) is 14.4 Å². The number of amides is 3. The number of nitrogens with zero attached hydrogens (tertiary/aromatic N) is 1. The van der Waals surface area contributed by atoms with Crippen molar-refractivity contribution in [3.05, 3.63) is 59.7 Å². The van der Waals surface area contributed by atoms with Gasteiger partial charge in [0.25, 0.3) is 0 Å². The number of ether oxygens (including phenoxy) is 2. The lowest BCUT2D eigenvalue weighted by molar-refractivity contribution is -0.127. The molecule has 2 N–H and O–H groups in total. The normalized spacial score (nSPS) is 15.5. The van der Waals surface area contributed by atoms with Crippen molar-refractivity contribution in [3.63, 3.8) is 0 Å². The Hall–Kier alpha value is -3.55. The van der Waals surface area contributed by atoms with Crippen LogP contribution in [0.1, 0.15) is 65.0 Å². The molecule has 2 aromatic carbocycles. The van der Waals surface area contributed by atoms with Crippen LogP contribution in [0.3, 0.4) is 0 Å². The molecule has 0 saturated heterocycles. The van der Waals surface area contributed by atoms with Crippen molar-refractivity contribution >= 4 is 23.6 Å². The van der Waals surface area contributed by atoms with Gasteiger partial charge in [-0.05, 0) is 62.9 Å². The van der Waals surface area contributed by atoms with Crippen LogP contribution in [0.25, 0.3) is 0 Å². The molecule has 1 unspecified atom stereocenters. The number of carbonyl (C=O) groups is 3. The van der Waals surface area contributed by atoms with Crippen molar-refractivity contribution in [2.45, 2.75) is 84.6 Å². The van der Waals surface area contributed by atoms with Gasteiger partial charge >= 0.3 is 6.09 Å². The van der Waals surface area contributed by atoms with E-state index in [0.29, 0.717) is 37.4 Å². The van der Waals surface area contributed by atoms with Gasteiger partial charge in [-0.25, -0.2) is 4.79 Å². The Morgan fingerprint density at radius 3 is 2.46 bits per heavy atom. The van der Waals surface area contributed by atoms with Crippen molar-refractivity contribution in [1.29, 1.82) is 0 Å². The van der Waals surface area contributed by atoms with E-state index in [1.807, 2.05) is 55.5 Å². The molecule has 1 aliphatic rings. The zero-order valence-corrected chi connectivity index (χ0v) is 22.5. The Bertz CT molecular complexity index is 1080. The fourth-order valence-corrected chi connectivity index (χ4v) is 4.20. The second-order valence-corrected chi connectivity index (χ2v) is 10.2. The van der Waals surface area contributed by atoms with Gasteiger partial charge in [0.15, 0.2) is 0 Å². The lowest BCUT2D eigenvalue weighted by Crippen LogP contribution is -2.55. The fraction of sp³-hybridized carbons (Fsp3) is 0.483. The van der Waals surface area contributed by atoms with Gasteiger partial charge in [0.05, 0.1) is 0 Å². The molecule has 0 aliphatic carbocycles. The number of anilines is 1. The molecule has 2 aromatic rings. The first kappa shape index (κ1) is 28.0. The molecule has 2 atom stereocenters. The highest BCUT2D eigenvalue weighted by Crippen LogP contribution is 2.36. The minimum Gasteiger partial charge on any atom is -0.489 e.